The molecular formula is C11H9F2IN2O2. The van der Waals surface area contributed by atoms with E-state index in [2.05, 4.69) is 9.72 Å². The van der Waals surface area contributed by atoms with Gasteiger partial charge in [-0.2, -0.15) is 0 Å². The van der Waals surface area contributed by atoms with E-state index in [-0.39, 0.29) is 5.56 Å². The van der Waals surface area contributed by atoms with Crippen LogP contribution in [-0.2, 0) is 11.3 Å². The van der Waals surface area contributed by atoms with Gasteiger partial charge in [0, 0.05) is 3.57 Å². The van der Waals surface area contributed by atoms with Crippen molar-refractivity contribution >= 4 is 39.6 Å². The molecule has 0 saturated carbocycles. The molecule has 1 heterocycles. The lowest BCUT2D eigenvalue weighted by Gasteiger charge is -2.05. The van der Waals surface area contributed by atoms with Crippen molar-refractivity contribution in [3.8, 4) is 0 Å². The smallest absolute Gasteiger partial charge is 0.340 e. The van der Waals surface area contributed by atoms with E-state index in [1.54, 1.807) is 12.1 Å². The van der Waals surface area contributed by atoms with Crippen LogP contribution in [0, 0.1) is 3.57 Å². The van der Waals surface area contributed by atoms with Crippen molar-refractivity contribution in [3.63, 3.8) is 0 Å². The van der Waals surface area contributed by atoms with Crippen LogP contribution in [0.5, 0.6) is 0 Å². The van der Waals surface area contributed by atoms with Gasteiger partial charge in [-0.05, 0) is 34.7 Å². The third-order valence-electron chi connectivity index (χ3n) is 2.43. The molecule has 0 aliphatic carbocycles. The van der Waals surface area contributed by atoms with Crippen LogP contribution in [0.25, 0.3) is 11.0 Å². The zero-order valence-electron chi connectivity index (χ0n) is 9.36. The van der Waals surface area contributed by atoms with Crippen molar-refractivity contribution < 1.29 is 18.3 Å². The van der Waals surface area contributed by atoms with Gasteiger partial charge in [0.1, 0.15) is 5.52 Å². The van der Waals surface area contributed by atoms with E-state index in [4.69, 9.17) is 0 Å². The van der Waals surface area contributed by atoms with Crippen LogP contribution in [0.2, 0.25) is 0 Å². The molecule has 0 radical (unpaired) electrons. The topological polar surface area (TPSA) is 44.1 Å². The highest BCUT2D eigenvalue weighted by molar-refractivity contribution is 14.1. The Hall–Kier alpha value is -1.25. The molecular weight excluding hydrogens is 357 g/mol. The SMILES string of the molecule is COC(=O)c1cc(I)cc2c1ncn2CC(F)F. The molecule has 0 aliphatic rings. The summed E-state index contributed by atoms with van der Waals surface area (Å²) in [5, 5.41) is 0. The fraction of sp³-hybridized carbons (Fsp3) is 0.273. The van der Waals surface area contributed by atoms with Crippen molar-refractivity contribution in [2.45, 2.75) is 13.0 Å². The summed E-state index contributed by atoms with van der Waals surface area (Å²) in [6.07, 6.45) is -1.17. The minimum absolute atomic E-state index is 0.285. The Morgan fingerprint density at radius 1 is 1.56 bits per heavy atom. The van der Waals surface area contributed by atoms with Gasteiger partial charge in [-0.15, -0.1) is 0 Å². The number of esters is 1. The average Bonchev–Trinajstić information content (AvgIpc) is 2.69. The minimum Gasteiger partial charge on any atom is -0.465 e. The van der Waals surface area contributed by atoms with Gasteiger partial charge in [0.25, 0.3) is 6.43 Å². The van der Waals surface area contributed by atoms with Crippen molar-refractivity contribution in [3.05, 3.63) is 27.6 Å². The van der Waals surface area contributed by atoms with Gasteiger partial charge in [0.2, 0.25) is 0 Å². The molecule has 4 nitrogen and oxygen atoms in total. The molecule has 0 spiro atoms. The third kappa shape index (κ3) is 2.45. The summed E-state index contributed by atoms with van der Waals surface area (Å²) in [6.45, 7) is -0.447. The highest BCUT2D eigenvalue weighted by Crippen LogP contribution is 2.22. The predicted molar refractivity (Wildman–Crippen MR) is 69.8 cm³/mol. The highest BCUT2D eigenvalue weighted by atomic mass is 127. The number of methoxy groups -OCH3 is 1. The van der Waals surface area contributed by atoms with Crippen LogP contribution in [0.4, 0.5) is 8.78 Å². The predicted octanol–water partition coefficient (Wildman–Crippen LogP) is 2.69. The molecule has 0 bridgehead atoms. The summed E-state index contributed by atoms with van der Waals surface area (Å²) in [6, 6.07) is 3.33. The lowest BCUT2D eigenvalue weighted by atomic mass is 10.2. The molecule has 96 valence electrons. The number of hydrogen-bond acceptors (Lipinski definition) is 3. The fourth-order valence-corrected chi connectivity index (χ4v) is 2.30. The van der Waals surface area contributed by atoms with Crippen molar-refractivity contribution in [2.75, 3.05) is 7.11 Å². The number of carbonyl (C=O) groups is 1. The van der Waals surface area contributed by atoms with Crippen LogP contribution in [0.15, 0.2) is 18.5 Å². The molecule has 0 aliphatic heterocycles. The van der Waals surface area contributed by atoms with Crippen molar-refractivity contribution in [1.29, 1.82) is 0 Å². The van der Waals surface area contributed by atoms with Crippen LogP contribution < -0.4 is 0 Å². The number of hydrogen-bond donors (Lipinski definition) is 0. The quantitative estimate of drug-likeness (QED) is 0.620. The van der Waals surface area contributed by atoms with Gasteiger partial charge in [0.15, 0.2) is 0 Å². The number of rotatable bonds is 3. The Labute approximate surface area is 115 Å². The van der Waals surface area contributed by atoms with E-state index in [1.165, 1.54) is 18.0 Å². The third-order valence-corrected chi connectivity index (χ3v) is 3.05. The number of halogens is 3. The second-order valence-corrected chi connectivity index (χ2v) is 4.85. The summed E-state index contributed by atoms with van der Waals surface area (Å²) < 4.78 is 31.6. The first-order valence-electron chi connectivity index (χ1n) is 5.03. The standard InChI is InChI=1S/C11H9F2IN2O2/c1-18-11(17)7-2-6(14)3-8-10(7)15-5-16(8)4-9(12)13/h2-3,5,9H,4H2,1H3. The summed E-state index contributed by atoms with van der Waals surface area (Å²) in [5.41, 5.74) is 1.16. The van der Waals surface area contributed by atoms with Gasteiger partial charge in [-0.3, -0.25) is 0 Å². The maximum Gasteiger partial charge on any atom is 0.340 e. The number of alkyl halides is 2. The van der Waals surface area contributed by atoms with Crippen LogP contribution >= 0.6 is 22.6 Å². The first kappa shape index (κ1) is 13.2. The first-order valence-corrected chi connectivity index (χ1v) is 6.11. The van der Waals surface area contributed by atoms with Crippen LogP contribution in [-0.4, -0.2) is 29.1 Å². The molecule has 0 amide bonds. The van der Waals surface area contributed by atoms with Crippen LogP contribution in [0.1, 0.15) is 10.4 Å². The number of carbonyl (C=O) groups excluding carboxylic acids is 1. The highest BCUT2D eigenvalue weighted by Gasteiger charge is 2.16. The fourth-order valence-electron chi connectivity index (χ4n) is 1.69. The molecule has 2 rings (SSSR count). The molecule has 1 aromatic carbocycles. The Kier molecular flexibility index (Phi) is 3.79. The minimum atomic E-state index is -2.47. The zero-order chi connectivity index (χ0) is 13.3. The molecule has 18 heavy (non-hydrogen) atoms. The van der Waals surface area contributed by atoms with E-state index in [0.717, 1.165) is 3.57 Å². The van der Waals surface area contributed by atoms with E-state index >= 15 is 0 Å². The maximum absolute atomic E-state index is 12.4. The lowest BCUT2D eigenvalue weighted by molar-refractivity contribution is 0.0602. The molecule has 1 aromatic heterocycles. The first-order chi connectivity index (χ1) is 8.52. The summed E-state index contributed by atoms with van der Waals surface area (Å²) in [5.74, 6) is -0.527. The molecule has 0 unspecified atom stereocenters. The molecule has 2 aromatic rings. The number of ether oxygens (including phenoxy) is 1. The lowest BCUT2D eigenvalue weighted by Crippen LogP contribution is -2.06. The number of aromatic nitrogens is 2. The second-order valence-electron chi connectivity index (χ2n) is 3.60. The Bertz CT molecular complexity index is 598. The maximum atomic E-state index is 12.4. The Morgan fingerprint density at radius 2 is 2.28 bits per heavy atom. The normalized spacial score (nSPS) is 11.2. The molecule has 0 saturated heterocycles. The number of benzene rings is 1. The van der Waals surface area contributed by atoms with Gasteiger partial charge in [-0.25, -0.2) is 18.6 Å². The van der Waals surface area contributed by atoms with E-state index < -0.39 is 18.9 Å². The van der Waals surface area contributed by atoms with Crippen LogP contribution in [0.3, 0.4) is 0 Å². The number of fused-ring (bicyclic) bond motifs is 1. The molecule has 7 heteroatoms. The number of imidazole rings is 1. The monoisotopic (exact) mass is 366 g/mol. The largest absolute Gasteiger partial charge is 0.465 e. The summed E-state index contributed by atoms with van der Waals surface area (Å²) >= 11 is 2.01. The van der Waals surface area contributed by atoms with Gasteiger partial charge in [-0.1, -0.05) is 0 Å². The van der Waals surface area contributed by atoms with Crippen molar-refractivity contribution in [2.24, 2.45) is 0 Å². The van der Waals surface area contributed by atoms with Crippen molar-refractivity contribution in [1.82, 2.24) is 9.55 Å². The summed E-state index contributed by atoms with van der Waals surface area (Å²) in [4.78, 5) is 15.6. The van der Waals surface area contributed by atoms with E-state index in [0.29, 0.717) is 11.0 Å². The van der Waals surface area contributed by atoms with Gasteiger partial charge < -0.3 is 9.30 Å². The molecule has 0 atom stereocenters. The summed E-state index contributed by atoms with van der Waals surface area (Å²) in [7, 11) is 1.27. The molecule has 0 N–H and O–H groups in total. The Balaban J connectivity index is 2.61. The number of nitrogens with zero attached hydrogens (tertiary/aromatic N) is 2. The van der Waals surface area contributed by atoms with Gasteiger partial charge >= 0.3 is 5.97 Å². The average molecular weight is 366 g/mol. The van der Waals surface area contributed by atoms with E-state index in [1.807, 2.05) is 22.6 Å². The van der Waals surface area contributed by atoms with E-state index in [9.17, 15) is 13.6 Å². The molecule has 0 fully saturated rings. The Morgan fingerprint density at radius 3 is 2.89 bits per heavy atom. The van der Waals surface area contributed by atoms with Gasteiger partial charge in [0.05, 0.1) is 31.1 Å². The zero-order valence-corrected chi connectivity index (χ0v) is 11.5. The second kappa shape index (κ2) is 5.17.